The Balaban J connectivity index is 0.808. The van der Waals surface area contributed by atoms with Crippen LogP contribution in [0.5, 0.6) is 0 Å². The normalized spacial score (nSPS) is 14.0. The van der Waals surface area contributed by atoms with E-state index >= 15 is 0 Å². The summed E-state index contributed by atoms with van der Waals surface area (Å²) in [6, 6.07) is 97.3. The van der Waals surface area contributed by atoms with Crippen molar-refractivity contribution >= 4 is 134 Å². The Morgan fingerprint density at radius 3 is 0.793 bits per heavy atom. The second kappa shape index (κ2) is 16.5. The molecule has 4 heteroatoms. The van der Waals surface area contributed by atoms with Gasteiger partial charge in [-0.3, -0.25) is 0 Å². The van der Waals surface area contributed by atoms with Gasteiger partial charge in [0.1, 0.15) is 16.1 Å². The Kier molecular flexibility index (Phi) is 9.30. The molecule has 384 valence electrons. The van der Waals surface area contributed by atoms with Gasteiger partial charge in [-0.2, -0.15) is 0 Å². The van der Waals surface area contributed by atoms with Crippen LogP contribution in [0.15, 0.2) is 255 Å². The molecule has 2 aliphatic heterocycles. The maximum atomic E-state index is 2.61. The summed E-state index contributed by atoms with van der Waals surface area (Å²) in [5.41, 5.74) is 18.1. The Hall–Kier alpha value is -9.59. The van der Waals surface area contributed by atoms with Crippen molar-refractivity contribution in [2.75, 3.05) is 0 Å². The lowest BCUT2D eigenvalue weighted by Gasteiger charge is -2.39. The number of aromatic nitrogens is 2. The highest BCUT2D eigenvalue weighted by Gasteiger charge is 2.42. The van der Waals surface area contributed by atoms with Crippen molar-refractivity contribution in [2.45, 2.75) is 26.2 Å². The quantitative estimate of drug-likeness (QED) is 0.123. The molecule has 16 aromatic rings. The fourth-order valence-electron chi connectivity index (χ4n) is 15.8. The number of fused-ring (bicyclic) bond motifs is 14. The first-order chi connectivity index (χ1) is 40.3. The van der Waals surface area contributed by atoms with Crippen LogP contribution in [-0.4, -0.2) is 25.3 Å². The number of hydrogen-bond acceptors (Lipinski definition) is 0. The highest BCUT2D eigenvalue weighted by atomic mass is 28.3. The van der Waals surface area contributed by atoms with Gasteiger partial charge in [-0.1, -0.05) is 257 Å². The van der Waals surface area contributed by atoms with Gasteiger partial charge in [-0.25, -0.2) is 0 Å². The number of rotatable bonds is 4. The molecule has 0 amide bonds. The molecule has 0 N–H and O–H groups in total. The zero-order chi connectivity index (χ0) is 54.3. The fourth-order valence-corrected chi connectivity index (χ4v) is 22.0. The standard InChI is InChI=1S/C78H54N2Si2/c1-81(2)69-43-44-70-76-60(54-40-38-48(46-72(54)82(70,3)4)74-57-27-7-11-31-63(57)78(64-32-12-8-28-58(64)74)80-67-35-19-15-23-51(67)52-24-16-20-36-68(52)80)42-41-59(75(69)76)53-39-37-47(45-71(53)81)73-55-25-5-9-29-61(55)77(62-30-10-6-26-56(62)73)79-65-33-17-13-21-49(65)50-22-14-18-34-66(50)79/h5-46H,1-4H3. The Morgan fingerprint density at radius 1 is 0.232 bits per heavy atom. The largest absolute Gasteiger partial charge is 0.308 e. The third-order valence-electron chi connectivity index (χ3n) is 19.5. The molecule has 0 saturated heterocycles. The fraction of sp³-hybridized carbons (Fsp3) is 0.0513. The molecule has 0 atom stereocenters. The van der Waals surface area contributed by atoms with Crippen molar-refractivity contribution in [3.63, 3.8) is 0 Å². The molecule has 2 aromatic heterocycles. The molecular weight excluding hydrogens is 1020 g/mol. The van der Waals surface area contributed by atoms with Crippen LogP contribution in [0.4, 0.5) is 0 Å². The Labute approximate surface area is 477 Å². The molecule has 0 saturated carbocycles. The van der Waals surface area contributed by atoms with Crippen LogP contribution in [0.1, 0.15) is 0 Å². The number of hydrogen-bond donors (Lipinski definition) is 0. The topological polar surface area (TPSA) is 9.86 Å². The summed E-state index contributed by atoms with van der Waals surface area (Å²) in [5.74, 6) is 0. The summed E-state index contributed by atoms with van der Waals surface area (Å²) < 4.78 is 5.04. The molecule has 4 heterocycles. The zero-order valence-corrected chi connectivity index (χ0v) is 48.1. The average molecular weight is 1080 g/mol. The molecule has 0 unspecified atom stereocenters. The minimum Gasteiger partial charge on any atom is -0.308 e. The molecule has 0 bridgehead atoms. The molecule has 18 rings (SSSR count). The second-order valence-corrected chi connectivity index (χ2v) is 32.9. The van der Waals surface area contributed by atoms with E-state index in [2.05, 4.69) is 290 Å². The van der Waals surface area contributed by atoms with Gasteiger partial charge in [-0.05, 0) is 122 Å². The van der Waals surface area contributed by atoms with Crippen molar-refractivity contribution in [3.05, 3.63) is 255 Å². The van der Waals surface area contributed by atoms with Crippen LogP contribution in [0.2, 0.25) is 26.2 Å². The maximum absolute atomic E-state index is 2.61. The van der Waals surface area contributed by atoms with Crippen molar-refractivity contribution in [3.8, 4) is 55.9 Å². The second-order valence-electron chi connectivity index (χ2n) is 24.2. The molecule has 82 heavy (non-hydrogen) atoms. The summed E-state index contributed by atoms with van der Waals surface area (Å²) >= 11 is 0. The molecule has 0 aliphatic carbocycles. The van der Waals surface area contributed by atoms with E-state index in [0.29, 0.717) is 0 Å². The van der Waals surface area contributed by atoms with Crippen LogP contribution in [0.3, 0.4) is 0 Å². The van der Waals surface area contributed by atoms with Gasteiger partial charge >= 0.3 is 0 Å². The van der Waals surface area contributed by atoms with Crippen LogP contribution < -0.4 is 20.7 Å². The lowest BCUT2D eigenvalue weighted by atomic mass is 9.87. The van der Waals surface area contributed by atoms with Crippen molar-refractivity contribution in [2.24, 2.45) is 0 Å². The maximum Gasteiger partial charge on any atom is 0.113 e. The highest BCUT2D eigenvalue weighted by Crippen LogP contribution is 2.49. The molecule has 2 aliphatic rings. The predicted molar refractivity (Wildman–Crippen MR) is 358 cm³/mol. The number of nitrogens with zero attached hydrogens (tertiary/aromatic N) is 2. The molecule has 0 fully saturated rings. The van der Waals surface area contributed by atoms with E-state index < -0.39 is 16.1 Å². The summed E-state index contributed by atoms with van der Waals surface area (Å²) in [5, 5.41) is 24.4. The molecule has 2 nitrogen and oxygen atoms in total. The van der Waals surface area contributed by atoms with Crippen LogP contribution in [-0.2, 0) is 0 Å². The van der Waals surface area contributed by atoms with E-state index in [1.807, 2.05) is 0 Å². The smallest absolute Gasteiger partial charge is 0.113 e. The average Bonchev–Trinajstić information content (AvgIpc) is 0.989. The van der Waals surface area contributed by atoms with E-state index in [4.69, 9.17) is 0 Å². The summed E-state index contributed by atoms with van der Waals surface area (Å²) in [6.45, 7) is 10.4. The van der Waals surface area contributed by atoms with E-state index in [1.165, 1.54) is 164 Å². The number of para-hydroxylation sites is 4. The molecule has 0 radical (unpaired) electrons. The molecular formula is C78H54N2Si2. The third-order valence-corrected chi connectivity index (χ3v) is 26.5. The van der Waals surface area contributed by atoms with E-state index in [-0.39, 0.29) is 0 Å². The van der Waals surface area contributed by atoms with E-state index in [9.17, 15) is 0 Å². The van der Waals surface area contributed by atoms with Crippen molar-refractivity contribution in [1.82, 2.24) is 9.13 Å². The predicted octanol–water partition coefficient (Wildman–Crippen LogP) is 18.6. The first kappa shape index (κ1) is 46.2. The van der Waals surface area contributed by atoms with Crippen LogP contribution in [0, 0.1) is 0 Å². The summed E-state index contributed by atoms with van der Waals surface area (Å²) in [6.07, 6.45) is 0. The lowest BCUT2D eigenvalue weighted by molar-refractivity contribution is 1.21. The van der Waals surface area contributed by atoms with Gasteiger partial charge in [0.2, 0.25) is 0 Å². The van der Waals surface area contributed by atoms with Crippen LogP contribution in [0.25, 0.3) is 153 Å². The van der Waals surface area contributed by atoms with Gasteiger partial charge in [0.05, 0.1) is 33.4 Å². The third kappa shape index (κ3) is 5.97. The first-order valence-corrected chi connectivity index (χ1v) is 35.0. The van der Waals surface area contributed by atoms with Gasteiger partial charge in [0.15, 0.2) is 0 Å². The van der Waals surface area contributed by atoms with Crippen molar-refractivity contribution in [1.29, 1.82) is 0 Å². The summed E-state index contributed by atoms with van der Waals surface area (Å²) in [7, 11) is -4.60. The van der Waals surface area contributed by atoms with E-state index in [0.717, 1.165) is 0 Å². The molecule has 14 aromatic carbocycles. The van der Waals surface area contributed by atoms with Gasteiger partial charge in [0, 0.05) is 43.1 Å². The van der Waals surface area contributed by atoms with Gasteiger partial charge in [-0.15, -0.1) is 0 Å². The van der Waals surface area contributed by atoms with Gasteiger partial charge in [0.25, 0.3) is 0 Å². The first-order valence-electron chi connectivity index (χ1n) is 29.0. The van der Waals surface area contributed by atoms with Gasteiger partial charge < -0.3 is 9.13 Å². The number of benzene rings is 14. The summed E-state index contributed by atoms with van der Waals surface area (Å²) in [4.78, 5) is 0. The lowest BCUT2D eigenvalue weighted by Crippen LogP contribution is -2.59. The minimum atomic E-state index is -2.30. The highest BCUT2D eigenvalue weighted by molar-refractivity contribution is 7.06. The van der Waals surface area contributed by atoms with Crippen molar-refractivity contribution < 1.29 is 0 Å². The SMILES string of the molecule is C[Si]1(C)c2cc(-c3c4ccccc4c(-n4c5ccccc5c5ccccc54)c4ccccc34)ccc2-c2ccc3c4c(ccc1c24)[Si](C)(C)c1cc(-c2c4ccccc4c(-n4c5ccccc5c5ccccc54)c4ccccc24)ccc1-3. The monoisotopic (exact) mass is 1070 g/mol. The molecule has 0 spiro atoms. The van der Waals surface area contributed by atoms with Crippen LogP contribution >= 0.6 is 0 Å². The zero-order valence-electron chi connectivity index (χ0n) is 46.1. The Morgan fingerprint density at radius 2 is 0.488 bits per heavy atom. The minimum absolute atomic E-state index is 1.23. The Bertz CT molecular complexity index is 4970. The van der Waals surface area contributed by atoms with E-state index in [1.54, 1.807) is 10.4 Å².